The van der Waals surface area contributed by atoms with E-state index in [4.69, 9.17) is 0 Å². The summed E-state index contributed by atoms with van der Waals surface area (Å²) < 4.78 is 0. The minimum absolute atomic E-state index is 0.233. The molecular formula is C13H17N3S. The molecule has 2 heterocycles. The maximum absolute atomic E-state index is 4.50. The summed E-state index contributed by atoms with van der Waals surface area (Å²) >= 11 is 1.70. The van der Waals surface area contributed by atoms with Crippen LogP contribution in [-0.4, -0.2) is 17.0 Å². The van der Waals surface area contributed by atoms with Crippen molar-refractivity contribution in [2.75, 3.05) is 7.05 Å². The lowest BCUT2D eigenvalue weighted by molar-refractivity contribution is 0.569. The molecule has 1 N–H and O–H groups in total. The van der Waals surface area contributed by atoms with Crippen molar-refractivity contribution in [1.29, 1.82) is 0 Å². The van der Waals surface area contributed by atoms with Crippen LogP contribution in [0.5, 0.6) is 0 Å². The van der Waals surface area contributed by atoms with Crippen molar-refractivity contribution in [3.8, 4) is 0 Å². The summed E-state index contributed by atoms with van der Waals surface area (Å²) in [5.41, 5.74) is 3.46. The van der Waals surface area contributed by atoms with E-state index in [9.17, 15) is 0 Å². The molecule has 0 radical (unpaired) electrons. The molecular weight excluding hydrogens is 230 g/mol. The van der Waals surface area contributed by atoms with E-state index in [0.717, 1.165) is 22.8 Å². The standard InChI is InChI=1S/C13H17N3S/c1-9-4-5-15-13(6-9)12(14-3)7-11-8-17-10(2)16-11/h4-6,8,12,14H,7H2,1-3H3. The molecule has 17 heavy (non-hydrogen) atoms. The molecule has 0 aliphatic carbocycles. The monoisotopic (exact) mass is 247 g/mol. The molecule has 2 rings (SSSR count). The molecule has 3 nitrogen and oxygen atoms in total. The van der Waals surface area contributed by atoms with E-state index < -0.39 is 0 Å². The smallest absolute Gasteiger partial charge is 0.0897 e. The first-order valence-corrected chi connectivity index (χ1v) is 6.58. The van der Waals surface area contributed by atoms with Gasteiger partial charge in [0.15, 0.2) is 0 Å². The number of hydrogen-bond acceptors (Lipinski definition) is 4. The van der Waals surface area contributed by atoms with Crippen LogP contribution in [-0.2, 0) is 6.42 Å². The molecule has 0 spiro atoms. The van der Waals surface area contributed by atoms with Gasteiger partial charge in [-0.3, -0.25) is 4.98 Å². The fraction of sp³-hybridized carbons (Fsp3) is 0.385. The highest BCUT2D eigenvalue weighted by Gasteiger charge is 2.13. The van der Waals surface area contributed by atoms with Crippen molar-refractivity contribution < 1.29 is 0 Å². The van der Waals surface area contributed by atoms with Gasteiger partial charge < -0.3 is 5.32 Å². The molecule has 0 aromatic carbocycles. The quantitative estimate of drug-likeness (QED) is 0.902. The van der Waals surface area contributed by atoms with Crippen LogP contribution in [0.2, 0.25) is 0 Å². The summed E-state index contributed by atoms with van der Waals surface area (Å²) in [5.74, 6) is 0. The third kappa shape index (κ3) is 3.11. The van der Waals surface area contributed by atoms with E-state index in [1.165, 1.54) is 5.56 Å². The average molecular weight is 247 g/mol. The number of aromatic nitrogens is 2. The molecule has 0 saturated heterocycles. The summed E-state index contributed by atoms with van der Waals surface area (Å²) in [4.78, 5) is 8.92. The van der Waals surface area contributed by atoms with Crippen LogP contribution < -0.4 is 5.32 Å². The Morgan fingerprint density at radius 1 is 1.41 bits per heavy atom. The molecule has 0 aliphatic heterocycles. The molecule has 1 atom stereocenters. The SMILES string of the molecule is CNC(Cc1csc(C)n1)c1cc(C)ccn1. The number of likely N-dealkylation sites (N-methyl/N-ethyl adjacent to an activating group) is 1. The first kappa shape index (κ1) is 12.2. The molecule has 0 amide bonds. The highest BCUT2D eigenvalue weighted by atomic mass is 32.1. The Kier molecular flexibility index (Phi) is 3.86. The van der Waals surface area contributed by atoms with Gasteiger partial charge >= 0.3 is 0 Å². The van der Waals surface area contributed by atoms with Crippen molar-refractivity contribution in [1.82, 2.24) is 15.3 Å². The van der Waals surface area contributed by atoms with E-state index in [1.807, 2.05) is 26.2 Å². The molecule has 0 saturated carbocycles. The number of thiazole rings is 1. The van der Waals surface area contributed by atoms with Gasteiger partial charge in [0.1, 0.15) is 0 Å². The second kappa shape index (κ2) is 5.38. The van der Waals surface area contributed by atoms with Crippen LogP contribution in [0.15, 0.2) is 23.7 Å². The number of pyridine rings is 1. The number of rotatable bonds is 4. The molecule has 0 fully saturated rings. The van der Waals surface area contributed by atoms with E-state index in [1.54, 1.807) is 11.3 Å². The van der Waals surface area contributed by atoms with E-state index >= 15 is 0 Å². The maximum atomic E-state index is 4.50. The van der Waals surface area contributed by atoms with E-state index in [0.29, 0.717) is 0 Å². The topological polar surface area (TPSA) is 37.8 Å². The van der Waals surface area contributed by atoms with Crippen LogP contribution >= 0.6 is 11.3 Å². The minimum atomic E-state index is 0.233. The van der Waals surface area contributed by atoms with Gasteiger partial charge in [-0.1, -0.05) is 0 Å². The fourth-order valence-corrected chi connectivity index (χ4v) is 2.44. The van der Waals surface area contributed by atoms with Crippen LogP contribution in [0.25, 0.3) is 0 Å². The average Bonchev–Trinajstić information content (AvgIpc) is 2.72. The van der Waals surface area contributed by atoms with Crippen LogP contribution in [0.1, 0.15) is 28.0 Å². The van der Waals surface area contributed by atoms with Gasteiger partial charge in [-0.25, -0.2) is 4.98 Å². The largest absolute Gasteiger partial charge is 0.311 e. The van der Waals surface area contributed by atoms with Crippen molar-refractivity contribution in [3.63, 3.8) is 0 Å². The van der Waals surface area contributed by atoms with Gasteiger partial charge in [0, 0.05) is 18.0 Å². The summed E-state index contributed by atoms with van der Waals surface area (Å²) in [5, 5.41) is 6.54. The summed E-state index contributed by atoms with van der Waals surface area (Å²) in [6.45, 7) is 4.12. The van der Waals surface area contributed by atoms with Crippen LogP contribution in [0, 0.1) is 13.8 Å². The van der Waals surface area contributed by atoms with Gasteiger partial charge in [-0.2, -0.15) is 0 Å². The highest BCUT2D eigenvalue weighted by molar-refractivity contribution is 7.09. The van der Waals surface area contributed by atoms with Crippen LogP contribution in [0.4, 0.5) is 0 Å². The minimum Gasteiger partial charge on any atom is -0.311 e. The first-order valence-electron chi connectivity index (χ1n) is 5.70. The normalized spacial score (nSPS) is 12.6. The third-order valence-corrected chi connectivity index (χ3v) is 3.54. The zero-order valence-corrected chi connectivity index (χ0v) is 11.2. The first-order chi connectivity index (χ1) is 8.19. The molecule has 0 aliphatic rings. The van der Waals surface area contributed by atoms with Gasteiger partial charge in [0.05, 0.1) is 22.4 Å². The van der Waals surface area contributed by atoms with Crippen LogP contribution in [0.3, 0.4) is 0 Å². The molecule has 4 heteroatoms. The van der Waals surface area contributed by atoms with Crippen molar-refractivity contribution >= 4 is 11.3 Å². The predicted octanol–water partition coefficient (Wildman–Crippen LogP) is 2.66. The van der Waals surface area contributed by atoms with Crippen molar-refractivity contribution in [3.05, 3.63) is 45.7 Å². The Morgan fingerprint density at radius 2 is 2.24 bits per heavy atom. The maximum Gasteiger partial charge on any atom is 0.0897 e. The molecule has 1 unspecified atom stereocenters. The zero-order valence-electron chi connectivity index (χ0n) is 10.4. The van der Waals surface area contributed by atoms with E-state index in [-0.39, 0.29) is 6.04 Å². The van der Waals surface area contributed by atoms with Crippen molar-refractivity contribution in [2.24, 2.45) is 0 Å². The lowest BCUT2D eigenvalue weighted by Gasteiger charge is -2.14. The van der Waals surface area contributed by atoms with Gasteiger partial charge in [-0.15, -0.1) is 11.3 Å². The zero-order chi connectivity index (χ0) is 12.3. The highest BCUT2D eigenvalue weighted by Crippen LogP contribution is 2.18. The Labute approximate surface area is 106 Å². The number of nitrogens with one attached hydrogen (secondary N) is 1. The van der Waals surface area contributed by atoms with Gasteiger partial charge in [0.25, 0.3) is 0 Å². The Bertz CT molecular complexity index is 493. The Balaban J connectivity index is 2.16. The van der Waals surface area contributed by atoms with Gasteiger partial charge in [0.2, 0.25) is 0 Å². The fourth-order valence-electron chi connectivity index (χ4n) is 1.82. The molecule has 2 aromatic rings. The lowest BCUT2D eigenvalue weighted by atomic mass is 10.1. The molecule has 90 valence electrons. The second-order valence-electron chi connectivity index (χ2n) is 4.16. The molecule has 0 bridgehead atoms. The summed E-state index contributed by atoms with van der Waals surface area (Å²) in [6, 6.07) is 4.38. The Morgan fingerprint density at radius 3 is 2.82 bits per heavy atom. The number of nitrogens with zero attached hydrogens (tertiary/aromatic N) is 2. The van der Waals surface area contributed by atoms with Crippen molar-refractivity contribution in [2.45, 2.75) is 26.3 Å². The number of hydrogen-bond donors (Lipinski definition) is 1. The number of aryl methyl sites for hydroxylation is 2. The predicted molar refractivity (Wildman–Crippen MR) is 71.3 cm³/mol. The van der Waals surface area contributed by atoms with E-state index in [2.05, 4.69) is 33.7 Å². The lowest BCUT2D eigenvalue weighted by Crippen LogP contribution is -2.20. The summed E-state index contributed by atoms with van der Waals surface area (Å²) in [6.07, 6.45) is 2.75. The second-order valence-corrected chi connectivity index (χ2v) is 5.22. The van der Waals surface area contributed by atoms with Gasteiger partial charge in [-0.05, 0) is 38.6 Å². The third-order valence-electron chi connectivity index (χ3n) is 2.72. The Hall–Kier alpha value is -1.26. The summed E-state index contributed by atoms with van der Waals surface area (Å²) in [7, 11) is 1.97. The molecule has 2 aromatic heterocycles.